The molecule has 0 unspecified atom stereocenters. The number of carbonyl (C=O) groups is 1. The molecule has 0 aliphatic heterocycles. The highest BCUT2D eigenvalue weighted by Crippen LogP contribution is 2.11. The minimum Gasteiger partial charge on any atom is -0.349 e. The van der Waals surface area contributed by atoms with E-state index >= 15 is 0 Å². The average molecular weight is 260 g/mol. The van der Waals surface area contributed by atoms with Crippen LogP contribution in [-0.4, -0.2) is 47.0 Å². The number of hydrogen-bond acceptors (Lipinski definition) is 3. The molecule has 0 bridgehead atoms. The first-order valence-electron chi connectivity index (χ1n) is 6.69. The van der Waals surface area contributed by atoms with Gasteiger partial charge in [-0.15, -0.1) is 0 Å². The number of rotatable bonds is 6. The first kappa shape index (κ1) is 13.5. The Hall–Kier alpha value is -1.88. The summed E-state index contributed by atoms with van der Waals surface area (Å²) in [5, 5.41) is 2.92. The number of aromatic amines is 1. The van der Waals surface area contributed by atoms with Crippen molar-refractivity contribution in [3.8, 4) is 0 Å². The SMILES string of the molecule is CCN(CC)CCNC(=O)c1cc2ncccc2[nH]1. The van der Waals surface area contributed by atoms with Gasteiger partial charge in [-0.25, -0.2) is 0 Å². The van der Waals surface area contributed by atoms with Gasteiger partial charge in [0, 0.05) is 19.3 Å². The Morgan fingerprint density at radius 1 is 1.42 bits per heavy atom. The summed E-state index contributed by atoms with van der Waals surface area (Å²) in [6, 6.07) is 5.54. The summed E-state index contributed by atoms with van der Waals surface area (Å²) in [7, 11) is 0. The van der Waals surface area contributed by atoms with Gasteiger partial charge in [0.15, 0.2) is 0 Å². The van der Waals surface area contributed by atoms with E-state index in [1.54, 1.807) is 12.3 Å². The zero-order chi connectivity index (χ0) is 13.7. The number of fused-ring (bicyclic) bond motifs is 1. The van der Waals surface area contributed by atoms with Crippen LogP contribution in [0.2, 0.25) is 0 Å². The van der Waals surface area contributed by atoms with Crippen molar-refractivity contribution in [1.29, 1.82) is 0 Å². The van der Waals surface area contributed by atoms with Gasteiger partial charge in [0.1, 0.15) is 5.69 Å². The van der Waals surface area contributed by atoms with Crippen LogP contribution in [0.4, 0.5) is 0 Å². The van der Waals surface area contributed by atoms with Crippen LogP contribution < -0.4 is 5.32 Å². The van der Waals surface area contributed by atoms with Crippen molar-refractivity contribution in [2.24, 2.45) is 0 Å². The van der Waals surface area contributed by atoms with E-state index in [9.17, 15) is 4.79 Å². The summed E-state index contributed by atoms with van der Waals surface area (Å²) in [5.74, 6) is -0.0786. The van der Waals surface area contributed by atoms with Crippen LogP contribution in [-0.2, 0) is 0 Å². The molecule has 2 rings (SSSR count). The van der Waals surface area contributed by atoms with Gasteiger partial charge < -0.3 is 15.2 Å². The summed E-state index contributed by atoms with van der Waals surface area (Å²) in [4.78, 5) is 21.5. The summed E-state index contributed by atoms with van der Waals surface area (Å²) >= 11 is 0. The number of aromatic nitrogens is 2. The number of H-pyrrole nitrogens is 1. The van der Waals surface area contributed by atoms with Gasteiger partial charge in [0.05, 0.1) is 11.0 Å². The summed E-state index contributed by atoms with van der Waals surface area (Å²) < 4.78 is 0. The lowest BCUT2D eigenvalue weighted by Crippen LogP contribution is -2.34. The van der Waals surface area contributed by atoms with Gasteiger partial charge in [-0.1, -0.05) is 13.8 Å². The maximum Gasteiger partial charge on any atom is 0.267 e. The van der Waals surface area contributed by atoms with Crippen molar-refractivity contribution in [2.75, 3.05) is 26.2 Å². The molecule has 0 atom stereocenters. The second-order valence-corrected chi connectivity index (χ2v) is 4.40. The number of likely N-dealkylation sites (N-methyl/N-ethyl adjacent to an activating group) is 1. The monoisotopic (exact) mass is 260 g/mol. The van der Waals surface area contributed by atoms with Crippen molar-refractivity contribution in [3.63, 3.8) is 0 Å². The Kier molecular flexibility index (Phi) is 4.52. The van der Waals surface area contributed by atoms with E-state index in [4.69, 9.17) is 0 Å². The number of carbonyl (C=O) groups excluding carboxylic acids is 1. The van der Waals surface area contributed by atoms with Crippen molar-refractivity contribution >= 4 is 16.9 Å². The van der Waals surface area contributed by atoms with Gasteiger partial charge >= 0.3 is 0 Å². The highest BCUT2D eigenvalue weighted by molar-refractivity contribution is 5.96. The van der Waals surface area contributed by atoms with Crippen LogP contribution >= 0.6 is 0 Å². The topological polar surface area (TPSA) is 61.0 Å². The fourth-order valence-electron chi connectivity index (χ4n) is 2.04. The van der Waals surface area contributed by atoms with Crippen molar-refractivity contribution in [1.82, 2.24) is 20.2 Å². The third kappa shape index (κ3) is 3.32. The van der Waals surface area contributed by atoms with Crippen LogP contribution in [0.5, 0.6) is 0 Å². The fraction of sp³-hybridized carbons (Fsp3) is 0.429. The molecule has 2 aromatic rings. The smallest absolute Gasteiger partial charge is 0.267 e. The zero-order valence-corrected chi connectivity index (χ0v) is 11.4. The van der Waals surface area contributed by atoms with Crippen molar-refractivity contribution in [3.05, 3.63) is 30.1 Å². The molecule has 0 spiro atoms. The molecule has 5 nitrogen and oxygen atoms in total. The first-order chi connectivity index (χ1) is 9.24. The van der Waals surface area contributed by atoms with Gasteiger partial charge in [-0.2, -0.15) is 0 Å². The Labute approximate surface area is 113 Å². The molecule has 0 saturated carbocycles. The minimum absolute atomic E-state index is 0.0786. The second kappa shape index (κ2) is 6.33. The third-order valence-corrected chi connectivity index (χ3v) is 3.24. The first-order valence-corrected chi connectivity index (χ1v) is 6.69. The molecular weight excluding hydrogens is 240 g/mol. The summed E-state index contributed by atoms with van der Waals surface area (Å²) in [6.07, 6.45) is 1.72. The Balaban J connectivity index is 1.92. The van der Waals surface area contributed by atoms with E-state index in [0.29, 0.717) is 12.2 Å². The normalized spacial score (nSPS) is 11.1. The molecule has 0 aliphatic carbocycles. The molecule has 1 amide bonds. The lowest BCUT2D eigenvalue weighted by Gasteiger charge is -2.17. The lowest BCUT2D eigenvalue weighted by atomic mass is 10.3. The van der Waals surface area contributed by atoms with Gasteiger partial charge in [-0.05, 0) is 31.3 Å². The number of nitrogens with zero attached hydrogens (tertiary/aromatic N) is 2. The lowest BCUT2D eigenvalue weighted by molar-refractivity contribution is 0.0945. The minimum atomic E-state index is -0.0786. The average Bonchev–Trinajstić information content (AvgIpc) is 2.87. The van der Waals surface area contributed by atoms with E-state index in [2.05, 4.69) is 34.0 Å². The summed E-state index contributed by atoms with van der Waals surface area (Å²) in [6.45, 7) is 7.77. The van der Waals surface area contributed by atoms with Gasteiger partial charge in [0.25, 0.3) is 5.91 Å². The van der Waals surface area contributed by atoms with Crippen LogP contribution in [0, 0.1) is 0 Å². The van der Waals surface area contributed by atoms with Gasteiger partial charge in [-0.3, -0.25) is 9.78 Å². The van der Waals surface area contributed by atoms with Gasteiger partial charge in [0.2, 0.25) is 0 Å². The van der Waals surface area contributed by atoms with E-state index in [1.807, 2.05) is 12.1 Å². The zero-order valence-electron chi connectivity index (χ0n) is 11.4. The molecular formula is C14H20N4O. The van der Waals surface area contributed by atoms with Crippen LogP contribution in [0.3, 0.4) is 0 Å². The van der Waals surface area contributed by atoms with E-state index < -0.39 is 0 Å². The van der Waals surface area contributed by atoms with Crippen LogP contribution in [0.25, 0.3) is 11.0 Å². The Morgan fingerprint density at radius 3 is 2.89 bits per heavy atom. The molecule has 0 radical (unpaired) electrons. The van der Waals surface area contributed by atoms with Crippen molar-refractivity contribution in [2.45, 2.75) is 13.8 Å². The second-order valence-electron chi connectivity index (χ2n) is 4.40. The predicted octanol–water partition coefficient (Wildman–Crippen LogP) is 1.63. The number of nitrogens with one attached hydrogen (secondary N) is 2. The highest BCUT2D eigenvalue weighted by atomic mass is 16.1. The molecule has 0 fully saturated rings. The van der Waals surface area contributed by atoms with Crippen LogP contribution in [0.1, 0.15) is 24.3 Å². The Bertz CT molecular complexity index is 512. The molecule has 19 heavy (non-hydrogen) atoms. The predicted molar refractivity (Wildman–Crippen MR) is 76.2 cm³/mol. The Morgan fingerprint density at radius 2 is 2.21 bits per heavy atom. The number of pyridine rings is 1. The number of hydrogen-bond donors (Lipinski definition) is 2. The van der Waals surface area contributed by atoms with Crippen molar-refractivity contribution < 1.29 is 4.79 Å². The molecule has 102 valence electrons. The quantitative estimate of drug-likeness (QED) is 0.830. The molecule has 2 heterocycles. The van der Waals surface area contributed by atoms with E-state index in [0.717, 1.165) is 30.7 Å². The van der Waals surface area contributed by atoms with E-state index in [1.165, 1.54) is 0 Å². The van der Waals surface area contributed by atoms with Crippen LogP contribution in [0.15, 0.2) is 24.4 Å². The summed E-state index contributed by atoms with van der Waals surface area (Å²) in [5.41, 5.74) is 2.26. The highest BCUT2D eigenvalue weighted by Gasteiger charge is 2.09. The maximum absolute atomic E-state index is 12.0. The fourth-order valence-corrected chi connectivity index (χ4v) is 2.04. The molecule has 2 aromatic heterocycles. The molecule has 0 aromatic carbocycles. The largest absolute Gasteiger partial charge is 0.349 e. The third-order valence-electron chi connectivity index (χ3n) is 3.24. The van der Waals surface area contributed by atoms with E-state index in [-0.39, 0.29) is 5.91 Å². The number of amides is 1. The molecule has 0 saturated heterocycles. The molecule has 5 heteroatoms. The maximum atomic E-state index is 12.0. The molecule has 2 N–H and O–H groups in total. The standard InChI is InChI=1S/C14H20N4O/c1-3-18(4-2)9-8-16-14(19)13-10-12-11(17-13)6-5-7-15-12/h5-7,10,17H,3-4,8-9H2,1-2H3,(H,16,19). The molecule has 0 aliphatic rings.